The summed E-state index contributed by atoms with van der Waals surface area (Å²) in [5.41, 5.74) is 0. The average Bonchev–Trinajstić information content (AvgIpc) is 2.65. The summed E-state index contributed by atoms with van der Waals surface area (Å²) in [6.07, 6.45) is 2.05. The first-order chi connectivity index (χ1) is 15.7. The van der Waals surface area contributed by atoms with Gasteiger partial charge in [0.15, 0.2) is 22.9 Å². The molecule has 1 saturated carbocycles. The molecule has 0 aromatic heterocycles. The number of hydrogen-bond donors (Lipinski definition) is 0. The molecule has 2 saturated heterocycles. The summed E-state index contributed by atoms with van der Waals surface area (Å²) in [5, 5.41) is 0.186. The summed E-state index contributed by atoms with van der Waals surface area (Å²) < 4.78 is 54.7. The zero-order valence-corrected chi connectivity index (χ0v) is 27.1. The highest BCUT2D eigenvalue weighted by Gasteiger charge is 2.57. The molecule has 2 heterocycles. The summed E-state index contributed by atoms with van der Waals surface area (Å²) in [5.74, 6) is 0.396. The van der Waals surface area contributed by atoms with Gasteiger partial charge in [-0.15, -0.1) is 0 Å². The van der Waals surface area contributed by atoms with E-state index in [0.717, 1.165) is 12.7 Å². The van der Waals surface area contributed by atoms with Crippen molar-refractivity contribution in [2.24, 2.45) is 17.8 Å². The summed E-state index contributed by atoms with van der Waals surface area (Å²) in [7, 11) is -7.52. The predicted octanol–water partition coefficient (Wildman–Crippen LogP) is 5.78. The molecule has 2 bridgehead atoms. The van der Waals surface area contributed by atoms with E-state index >= 15 is 0 Å². The fraction of sp³-hybridized carbons (Fsp3) is 1.00. The zero-order valence-electron chi connectivity index (χ0n) is 24.3. The lowest BCUT2D eigenvalue weighted by molar-refractivity contribution is -0.310. The van der Waals surface area contributed by atoms with Crippen LogP contribution in [0.3, 0.4) is 0 Å². The van der Waals surface area contributed by atoms with E-state index in [1.54, 1.807) is 0 Å². The van der Waals surface area contributed by atoms with Crippen molar-refractivity contribution in [1.29, 1.82) is 0 Å². The third kappa shape index (κ3) is 7.84. The van der Waals surface area contributed by atoms with Crippen LogP contribution in [0.5, 0.6) is 0 Å². The average molecular weight is 553 g/mol. The zero-order chi connectivity index (χ0) is 27.0. The van der Waals surface area contributed by atoms with Gasteiger partial charge in [-0.25, -0.2) is 0 Å². The first-order valence-corrected chi connectivity index (χ1v) is 20.8. The van der Waals surface area contributed by atoms with Crippen molar-refractivity contribution in [2.75, 3.05) is 26.1 Å². The normalized spacial score (nSPS) is 30.6. The van der Waals surface area contributed by atoms with E-state index in [4.69, 9.17) is 22.5 Å². The summed E-state index contributed by atoms with van der Waals surface area (Å²) in [6, 6.07) is 0. The number of ether oxygens (including phenoxy) is 2. The van der Waals surface area contributed by atoms with E-state index in [-0.39, 0.29) is 52.9 Å². The summed E-state index contributed by atoms with van der Waals surface area (Å²) >= 11 is 0. The maximum Gasteiger partial charge on any atom is 0.264 e. The van der Waals surface area contributed by atoms with Crippen LogP contribution in [-0.4, -0.2) is 69.6 Å². The SMILES string of the molecule is CCO[C@H]1O[C@@H]2CC(CCOS(C)(=O)=O)[C@H]1[C@H](CO[Si](C)(C)C(C)(C)C)[C@@H]2O[Si](C)(C)C(C)(C)C. The molecule has 0 amide bonds. The highest BCUT2D eigenvalue weighted by molar-refractivity contribution is 7.85. The van der Waals surface area contributed by atoms with Crippen molar-refractivity contribution < 1.29 is 30.9 Å². The molecule has 3 rings (SSSR count). The molecule has 2 aliphatic heterocycles. The molecule has 1 unspecified atom stereocenters. The highest BCUT2D eigenvalue weighted by Crippen LogP contribution is 2.51. The van der Waals surface area contributed by atoms with Crippen molar-refractivity contribution in [2.45, 2.75) is 116 Å². The minimum atomic E-state index is -3.47. The van der Waals surface area contributed by atoms with E-state index < -0.39 is 26.8 Å². The highest BCUT2D eigenvalue weighted by atomic mass is 32.2. The molecule has 0 N–H and O–H groups in total. The Morgan fingerprint density at radius 2 is 1.54 bits per heavy atom. The molecule has 6 atom stereocenters. The second-order valence-electron chi connectivity index (χ2n) is 13.5. The van der Waals surface area contributed by atoms with Gasteiger partial charge in [0.25, 0.3) is 10.1 Å². The van der Waals surface area contributed by atoms with Gasteiger partial charge in [-0.05, 0) is 61.9 Å². The van der Waals surface area contributed by atoms with Crippen LogP contribution in [0, 0.1) is 17.8 Å². The Labute approximate surface area is 217 Å². The van der Waals surface area contributed by atoms with E-state index in [1.807, 2.05) is 6.92 Å². The monoisotopic (exact) mass is 552 g/mol. The molecule has 1 aliphatic carbocycles. The van der Waals surface area contributed by atoms with Crippen LogP contribution in [0.25, 0.3) is 0 Å². The van der Waals surface area contributed by atoms with Gasteiger partial charge < -0.3 is 18.3 Å². The van der Waals surface area contributed by atoms with Crippen LogP contribution in [0.4, 0.5) is 0 Å². The lowest BCUT2D eigenvalue weighted by Gasteiger charge is -2.57. The van der Waals surface area contributed by atoms with Gasteiger partial charge in [0.1, 0.15) is 0 Å². The van der Waals surface area contributed by atoms with Gasteiger partial charge in [0, 0.05) is 25.0 Å². The van der Waals surface area contributed by atoms with Crippen LogP contribution in [0.15, 0.2) is 0 Å². The molecular formula is C25H52O7SSi2. The first kappa shape index (κ1) is 31.4. The molecule has 208 valence electrons. The molecule has 3 fully saturated rings. The van der Waals surface area contributed by atoms with Gasteiger partial charge in [0.05, 0.1) is 25.1 Å². The second kappa shape index (κ2) is 11.1. The van der Waals surface area contributed by atoms with Crippen molar-refractivity contribution >= 4 is 26.8 Å². The molecule has 0 aromatic carbocycles. The van der Waals surface area contributed by atoms with Gasteiger partial charge in [0.2, 0.25) is 0 Å². The Kier molecular flexibility index (Phi) is 9.98. The Hall–Kier alpha value is 0.184. The maximum absolute atomic E-state index is 11.6. The topological polar surface area (TPSA) is 80.3 Å². The van der Waals surface area contributed by atoms with Gasteiger partial charge in [-0.2, -0.15) is 8.42 Å². The predicted molar refractivity (Wildman–Crippen MR) is 146 cm³/mol. The van der Waals surface area contributed by atoms with Crippen molar-refractivity contribution in [3.63, 3.8) is 0 Å². The number of hydrogen-bond acceptors (Lipinski definition) is 7. The summed E-state index contributed by atoms with van der Waals surface area (Å²) in [6.45, 7) is 26.0. The molecule has 7 nitrogen and oxygen atoms in total. The fourth-order valence-electron chi connectivity index (χ4n) is 4.64. The Bertz CT molecular complexity index is 802. The maximum atomic E-state index is 11.6. The first-order valence-electron chi connectivity index (χ1n) is 13.1. The molecule has 0 spiro atoms. The molecular weight excluding hydrogens is 501 g/mol. The second-order valence-corrected chi connectivity index (χ2v) is 24.7. The minimum absolute atomic E-state index is 0.0580. The Balaban J connectivity index is 2.38. The van der Waals surface area contributed by atoms with Crippen LogP contribution in [0.2, 0.25) is 36.3 Å². The van der Waals surface area contributed by atoms with Crippen LogP contribution in [0.1, 0.15) is 61.3 Å². The lowest BCUT2D eigenvalue weighted by atomic mass is 9.65. The van der Waals surface area contributed by atoms with Crippen molar-refractivity contribution in [1.82, 2.24) is 0 Å². The largest absolute Gasteiger partial charge is 0.416 e. The van der Waals surface area contributed by atoms with E-state index in [9.17, 15) is 8.42 Å². The van der Waals surface area contributed by atoms with E-state index in [1.165, 1.54) is 0 Å². The molecule has 0 aromatic rings. The van der Waals surface area contributed by atoms with E-state index in [2.05, 4.69) is 67.7 Å². The van der Waals surface area contributed by atoms with E-state index in [0.29, 0.717) is 19.6 Å². The van der Waals surface area contributed by atoms with Crippen LogP contribution in [-0.2, 0) is 32.6 Å². The smallest absolute Gasteiger partial charge is 0.264 e. The van der Waals surface area contributed by atoms with Gasteiger partial charge >= 0.3 is 0 Å². The van der Waals surface area contributed by atoms with Gasteiger partial charge in [-0.3, -0.25) is 4.18 Å². The number of fused-ring (bicyclic) bond motifs is 3. The van der Waals surface area contributed by atoms with Crippen molar-refractivity contribution in [3.8, 4) is 0 Å². The summed E-state index contributed by atoms with van der Waals surface area (Å²) in [4.78, 5) is 0. The third-order valence-electron chi connectivity index (χ3n) is 8.78. The number of rotatable bonds is 11. The molecule has 3 aliphatic rings. The van der Waals surface area contributed by atoms with Gasteiger partial charge in [-0.1, -0.05) is 41.5 Å². The molecule has 35 heavy (non-hydrogen) atoms. The minimum Gasteiger partial charge on any atom is -0.416 e. The lowest BCUT2D eigenvalue weighted by Crippen LogP contribution is -2.64. The molecule has 10 heteroatoms. The van der Waals surface area contributed by atoms with Crippen LogP contribution < -0.4 is 0 Å². The quantitative estimate of drug-likeness (QED) is 0.237. The Morgan fingerprint density at radius 3 is 2.03 bits per heavy atom. The molecule has 0 radical (unpaired) electrons. The van der Waals surface area contributed by atoms with Crippen molar-refractivity contribution in [3.05, 3.63) is 0 Å². The Morgan fingerprint density at radius 1 is 0.971 bits per heavy atom. The third-order valence-corrected chi connectivity index (χ3v) is 18.4. The fourth-order valence-corrected chi connectivity index (χ4v) is 7.44. The van der Waals surface area contributed by atoms with Crippen LogP contribution >= 0.6 is 0 Å². The standard InChI is InChI=1S/C25H52O7SSi2/c1-13-28-23-21-18(14-15-29-33(8,26)27)16-20(31-23)22(32-35(11,12)25(5,6)7)19(21)17-30-34(9,10)24(2,3)4/h18-23H,13-17H2,1-12H3/t18?,19-,20+,21-,22-,23-/m0/s1.